The van der Waals surface area contributed by atoms with Crippen molar-refractivity contribution in [1.29, 1.82) is 0 Å². The molecule has 0 N–H and O–H groups in total. The van der Waals surface area contributed by atoms with Crippen LogP contribution in [-0.4, -0.2) is 19.1 Å². The van der Waals surface area contributed by atoms with Gasteiger partial charge in [0.25, 0.3) is 5.91 Å². The number of fused-ring (bicyclic) bond motifs is 2. The average Bonchev–Trinajstić information content (AvgIpc) is 3.17. The van der Waals surface area contributed by atoms with E-state index in [9.17, 15) is 9.59 Å². The smallest absolute Gasteiger partial charge is 0.295 e. The number of anilines is 1. The summed E-state index contributed by atoms with van der Waals surface area (Å²) in [5.41, 5.74) is 1.67. The van der Waals surface area contributed by atoms with Crippen molar-refractivity contribution in [3.8, 4) is 11.5 Å². The molecule has 0 aliphatic carbocycles. The van der Waals surface area contributed by atoms with Crippen molar-refractivity contribution in [2.45, 2.75) is 26.3 Å². The summed E-state index contributed by atoms with van der Waals surface area (Å²) in [4.78, 5) is 29.0. The summed E-state index contributed by atoms with van der Waals surface area (Å²) in [5, 5.41) is 0.749. The molecule has 0 radical (unpaired) electrons. The Hall–Kier alpha value is -3.77. The van der Waals surface area contributed by atoms with Gasteiger partial charge in [0, 0.05) is 10.7 Å². The van der Waals surface area contributed by atoms with Crippen LogP contribution in [0.5, 0.6) is 11.5 Å². The van der Waals surface area contributed by atoms with Crippen LogP contribution < -0.4 is 19.8 Å². The van der Waals surface area contributed by atoms with E-state index in [0.717, 1.165) is 6.42 Å². The topological polar surface area (TPSA) is 69.0 Å². The van der Waals surface area contributed by atoms with Crippen molar-refractivity contribution in [2.24, 2.45) is 0 Å². The second-order valence-corrected chi connectivity index (χ2v) is 8.65. The lowest BCUT2D eigenvalue weighted by Gasteiger charge is -2.26. The lowest BCUT2D eigenvalue weighted by molar-refractivity contribution is 0.0971. The Balaban J connectivity index is 1.75. The van der Waals surface area contributed by atoms with Gasteiger partial charge in [0.15, 0.2) is 16.9 Å². The number of rotatable bonds is 7. The Morgan fingerprint density at radius 1 is 0.943 bits per heavy atom. The molecule has 1 aliphatic rings. The van der Waals surface area contributed by atoms with Crippen LogP contribution in [0, 0.1) is 0 Å². The van der Waals surface area contributed by atoms with Gasteiger partial charge >= 0.3 is 0 Å². The van der Waals surface area contributed by atoms with Crippen LogP contribution in [0.15, 0.2) is 75.9 Å². The van der Waals surface area contributed by atoms with E-state index in [4.69, 9.17) is 25.5 Å². The minimum atomic E-state index is -0.709. The highest BCUT2D eigenvalue weighted by atomic mass is 35.5. The highest BCUT2D eigenvalue weighted by molar-refractivity contribution is 6.31. The summed E-state index contributed by atoms with van der Waals surface area (Å²) >= 11 is 6.17. The van der Waals surface area contributed by atoms with Crippen molar-refractivity contribution in [2.75, 3.05) is 18.1 Å². The first kappa shape index (κ1) is 23.0. The van der Waals surface area contributed by atoms with Crippen LogP contribution >= 0.6 is 11.6 Å². The molecule has 2 heterocycles. The third-order valence-corrected chi connectivity index (χ3v) is 6.15. The molecule has 1 amide bonds. The van der Waals surface area contributed by atoms with E-state index in [0.29, 0.717) is 52.0 Å². The minimum Gasteiger partial charge on any atom is -0.490 e. The van der Waals surface area contributed by atoms with E-state index in [2.05, 4.69) is 0 Å². The third-order valence-electron chi connectivity index (χ3n) is 5.91. The van der Waals surface area contributed by atoms with Crippen LogP contribution in [0.3, 0.4) is 0 Å². The standard InChI is InChI=1S/C28H24ClNO5/c1-3-14-34-22-12-10-17(15-23(22)33-4-2)25-24-26(31)20-16-18(29)11-13-21(20)35-27(24)28(32)30(25)19-8-6-5-7-9-19/h5-13,15-16,25H,3-4,14H2,1-2H3. The first-order valence-corrected chi connectivity index (χ1v) is 12.0. The zero-order valence-electron chi connectivity index (χ0n) is 19.4. The van der Waals surface area contributed by atoms with Crippen LogP contribution in [0.25, 0.3) is 11.0 Å². The molecule has 6 nitrogen and oxygen atoms in total. The molecule has 0 fully saturated rings. The molecule has 0 spiro atoms. The maximum atomic E-state index is 13.7. The Morgan fingerprint density at radius 2 is 1.74 bits per heavy atom. The number of halogens is 1. The predicted octanol–water partition coefficient (Wildman–Crippen LogP) is 6.38. The Morgan fingerprint density at radius 3 is 2.49 bits per heavy atom. The minimum absolute atomic E-state index is 0.0305. The van der Waals surface area contributed by atoms with E-state index >= 15 is 0 Å². The molecule has 0 saturated carbocycles. The fourth-order valence-corrected chi connectivity index (χ4v) is 4.58. The summed E-state index contributed by atoms with van der Waals surface area (Å²) in [6.07, 6.45) is 0.857. The SMILES string of the molecule is CCCOc1ccc(C2c3c(oc4ccc(Cl)cc4c3=O)C(=O)N2c2ccccc2)cc1OCC. The van der Waals surface area contributed by atoms with E-state index in [1.807, 2.05) is 62.4 Å². The number of nitrogens with zero attached hydrogens (tertiary/aromatic N) is 1. The van der Waals surface area contributed by atoms with Gasteiger partial charge in [-0.3, -0.25) is 14.5 Å². The molecular formula is C28H24ClNO5. The van der Waals surface area contributed by atoms with Gasteiger partial charge in [-0.2, -0.15) is 0 Å². The number of ether oxygens (including phenoxy) is 2. The van der Waals surface area contributed by atoms with Crippen LogP contribution in [-0.2, 0) is 0 Å². The lowest BCUT2D eigenvalue weighted by atomic mass is 9.97. The number of carbonyl (C=O) groups excluding carboxylic acids is 1. The molecule has 35 heavy (non-hydrogen) atoms. The molecule has 3 aromatic carbocycles. The fourth-order valence-electron chi connectivity index (χ4n) is 4.41. The largest absolute Gasteiger partial charge is 0.490 e. The van der Waals surface area contributed by atoms with Gasteiger partial charge in [-0.1, -0.05) is 42.8 Å². The zero-order chi connectivity index (χ0) is 24.5. The molecule has 1 unspecified atom stereocenters. The molecule has 1 atom stereocenters. The van der Waals surface area contributed by atoms with Crippen LogP contribution in [0.1, 0.15) is 48.0 Å². The summed E-state index contributed by atoms with van der Waals surface area (Å²) in [7, 11) is 0. The number of hydrogen-bond acceptors (Lipinski definition) is 5. The molecule has 0 saturated heterocycles. The van der Waals surface area contributed by atoms with Gasteiger partial charge in [0.05, 0.1) is 30.2 Å². The van der Waals surface area contributed by atoms with Crippen molar-refractivity contribution in [3.63, 3.8) is 0 Å². The van der Waals surface area contributed by atoms with Crippen molar-refractivity contribution in [1.82, 2.24) is 0 Å². The number of hydrogen-bond donors (Lipinski definition) is 0. The molecule has 178 valence electrons. The number of carbonyl (C=O) groups is 1. The predicted molar refractivity (Wildman–Crippen MR) is 136 cm³/mol. The van der Waals surface area contributed by atoms with Crippen molar-refractivity contribution in [3.05, 3.63) is 98.9 Å². The summed E-state index contributed by atoms with van der Waals surface area (Å²) < 4.78 is 17.7. The van der Waals surface area contributed by atoms with Crippen molar-refractivity contribution >= 4 is 34.2 Å². The second kappa shape index (κ2) is 9.47. The van der Waals surface area contributed by atoms with Gasteiger partial charge < -0.3 is 13.9 Å². The quantitative estimate of drug-likeness (QED) is 0.301. The molecule has 7 heteroatoms. The van der Waals surface area contributed by atoms with Gasteiger partial charge in [-0.15, -0.1) is 0 Å². The molecular weight excluding hydrogens is 466 g/mol. The Kier molecular flexibility index (Phi) is 6.22. The van der Waals surface area contributed by atoms with Crippen molar-refractivity contribution < 1.29 is 18.7 Å². The first-order chi connectivity index (χ1) is 17.0. The number of para-hydroxylation sites is 1. The van der Waals surface area contributed by atoms with E-state index in [1.165, 1.54) is 0 Å². The zero-order valence-corrected chi connectivity index (χ0v) is 20.2. The normalized spacial score (nSPS) is 14.9. The van der Waals surface area contributed by atoms with Crippen LogP contribution in [0.2, 0.25) is 5.02 Å². The van der Waals surface area contributed by atoms with Crippen LogP contribution in [0.4, 0.5) is 5.69 Å². The number of benzene rings is 3. The molecule has 0 bridgehead atoms. The molecule has 1 aliphatic heterocycles. The first-order valence-electron chi connectivity index (χ1n) is 11.6. The highest BCUT2D eigenvalue weighted by Gasteiger charge is 2.44. The summed E-state index contributed by atoms with van der Waals surface area (Å²) in [6.45, 7) is 4.92. The maximum absolute atomic E-state index is 13.7. The van der Waals surface area contributed by atoms with Gasteiger partial charge in [-0.25, -0.2) is 0 Å². The van der Waals surface area contributed by atoms with Gasteiger partial charge in [0.2, 0.25) is 5.76 Å². The summed E-state index contributed by atoms with van der Waals surface area (Å²) in [5.74, 6) is 0.823. The van der Waals surface area contributed by atoms with E-state index < -0.39 is 6.04 Å². The highest BCUT2D eigenvalue weighted by Crippen LogP contribution is 2.43. The van der Waals surface area contributed by atoms with E-state index in [-0.39, 0.29) is 22.7 Å². The fraction of sp³-hybridized carbons (Fsp3) is 0.214. The van der Waals surface area contributed by atoms with E-state index in [1.54, 1.807) is 23.1 Å². The monoisotopic (exact) mass is 489 g/mol. The summed E-state index contributed by atoms with van der Waals surface area (Å²) in [6, 6.07) is 18.9. The molecule has 1 aromatic heterocycles. The Labute approximate surface area is 207 Å². The average molecular weight is 490 g/mol. The maximum Gasteiger partial charge on any atom is 0.295 e. The second-order valence-electron chi connectivity index (χ2n) is 8.22. The third kappa shape index (κ3) is 4.04. The number of amides is 1. The van der Waals surface area contributed by atoms with Gasteiger partial charge in [-0.05, 0) is 61.4 Å². The molecule has 4 aromatic rings. The molecule has 5 rings (SSSR count). The lowest BCUT2D eigenvalue weighted by Crippen LogP contribution is -2.29. The Bertz CT molecular complexity index is 1460. The van der Waals surface area contributed by atoms with Gasteiger partial charge in [0.1, 0.15) is 5.58 Å².